The van der Waals surface area contributed by atoms with Crippen LogP contribution in [0.3, 0.4) is 0 Å². The maximum Gasteiger partial charge on any atom is 0.414 e. The lowest BCUT2D eigenvalue weighted by Gasteiger charge is -2.55. The molecule has 5 rings (SSSR count). The SMILES string of the molecule is CC[C@]1(O)CC[C@H]2C(=CC[C@@H]3[C@@H]2CC[C@]2(C)[C@@H]([C@H](C)CC(C[C@H](O)C(F)(F)F)S(=O)(=O)c4ccccc4)CC[C@@H]32)C1. The Morgan fingerprint density at radius 3 is 2.39 bits per heavy atom. The molecule has 230 valence electrons. The van der Waals surface area contributed by atoms with E-state index < -0.39 is 39.4 Å². The van der Waals surface area contributed by atoms with Gasteiger partial charge in [-0.05, 0) is 124 Å². The van der Waals surface area contributed by atoms with Gasteiger partial charge in [0.25, 0.3) is 0 Å². The lowest BCUT2D eigenvalue weighted by molar-refractivity contribution is -0.205. The van der Waals surface area contributed by atoms with Crippen molar-refractivity contribution in [2.24, 2.45) is 40.9 Å². The van der Waals surface area contributed by atoms with E-state index >= 15 is 0 Å². The van der Waals surface area contributed by atoms with Crippen LogP contribution in [0.1, 0.15) is 91.4 Å². The number of sulfone groups is 1. The minimum absolute atomic E-state index is 0.00911. The second kappa shape index (κ2) is 11.3. The smallest absolute Gasteiger partial charge is 0.390 e. The summed E-state index contributed by atoms with van der Waals surface area (Å²) in [6.45, 7) is 6.44. The largest absolute Gasteiger partial charge is 0.414 e. The molecule has 0 aliphatic heterocycles. The molecule has 2 N–H and O–H groups in total. The number of aliphatic hydroxyl groups is 2. The van der Waals surface area contributed by atoms with Gasteiger partial charge in [-0.25, -0.2) is 8.42 Å². The van der Waals surface area contributed by atoms with Crippen LogP contribution >= 0.6 is 0 Å². The summed E-state index contributed by atoms with van der Waals surface area (Å²) in [5, 5.41) is 19.6. The molecule has 0 bridgehead atoms. The molecule has 0 heterocycles. The van der Waals surface area contributed by atoms with E-state index in [-0.39, 0.29) is 28.6 Å². The van der Waals surface area contributed by atoms with Crippen LogP contribution in [0.4, 0.5) is 13.2 Å². The average Bonchev–Trinajstić information content (AvgIpc) is 3.29. The van der Waals surface area contributed by atoms with Gasteiger partial charge in [0.05, 0.1) is 15.7 Å². The number of fused-ring (bicyclic) bond motifs is 5. The van der Waals surface area contributed by atoms with Gasteiger partial charge in [0.15, 0.2) is 15.9 Å². The first-order valence-corrected chi connectivity index (χ1v) is 17.2. The molecule has 8 heteroatoms. The van der Waals surface area contributed by atoms with Crippen LogP contribution in [-0.2, 0) is 9.84 Å². The van der Waals surface area contributed by atoms with Crippen LogP contribution in [0.15, 0.2) is 46.9 Å². The predicted octanol–water partition coefficient (Wildman–Crippen LogP) is 7.50. The Balaban J connectivity index is 1.35. The Morgan fingerprint density at radius 2 is 1.73 bits per heavy atom. The Labute approximate surface area is 243 Å². The van der Waals surface area contributed by atoms with Gasteiger partial charge >= 0.3 is 6.18 Å². The van der Waals surface area contributed by atoms with E-state index in [4.69, 9.17) is 0 Å². The zero-order valence-corrected chi connectivity index (χ0v) is 25.4. The van der Waals surface area contributed by atoms with Gasteiger partial charge in [-0.1, -0.05) is 50.6 Å². The fraction of sp³-hybridized carbons (Fsp3) is 0.758. The molecule has 1 aromatic rings. The molecule has 1 aromatic carbocycles. The van der Waals surface area contributed by atoms with Crippen LogP contribution < -0.4 is 0 Å². The van der Waals surface area contributed by atoms with E-state index in [0.717, 1.165) is 57.8 Å². The first-order chi connectivity index (χ1) is 19.2. The fourth-order valence-corrected chi connectivity index (χ4v) is 11.7. The summed E-state index contributed by atoms with van der Waals surface area (Å²) < 4.78 is 67.4. The van der Waals surface area contributed by atoms with E-state index in [1.807, 2.05) is 6.92 Å². The fourth-order valence-electron chi connectivity index (χ4n) is 9.76. The lowest BCUT2D eigenvalue weighted by Crippen LogP contribution is -2.48. The molecule has 0 spiro atoms. The Morgan fingerprint density at radius 1 is 1.02 bits per heavy atom. The topological polar surface area (TPSA) is 74.6 Å². The van der Waals surface area contributed by atoms with Crippen LogP contribution in [0, 0.1) is 40.9 Å². The van der Waals surface area contributed by atoms with Gasteiger partial charge in [-0.2, -0.15) is 13.2 Å². The lowest BCUT2D eigenvalue weighted by atomic mass is 9.50. The number of halogens is 3. The van der Waals surface area contributed by atoms with Crippen molar-refractivity contribution in [2.75, 3.05) is 0 Å². The Bertz CT molecular complexity index is 1210. The molecule has 1 unspecified atom stereocenters. The summed E-state index contributed by atoms with van der Waals surface area (Å²) in [6.07, 6.45) is 2.84. The van der Waals surface area contributed by atoms with Gasteiger partial charge in [0, 0.05) is 0 Å². The average molecular weight is 597 g/mol. The summed E-state index contributed by atoms with van der Waals surface area (Å²) in [4.78, 5) is 0.00911. The highest BCUT2D eigenvalue weighted by atomic mass is 32.2. The third-order valence-electron chi connectivity index (χ3n) is 12.0. The molecule has 4 aliphatic rings. The molecule has 3 saturated carbocycles. The van der Waals surface area contributed by atoms with E-state index in [0.29, 0.717) is 23.7 Å². The summed E-state index contributed by atoms with van der Waals surface area (Å²) in [5.74, 6) is 2.40. The molecule has 0 saturated heterocycles. The molecule has 0 radical (unpaired) electrons. The zero-order valence-electron chi connectivity index (χ0n) is 24.6. The van der Waals surface area contributed by atoms with Gasteiger partial charge in [0.1, 0.15) is 0 Å². The molecule has 0 amide bonds. The highest BCUT2D eigenvalue weighted by molar-refractivity contribution is 7.92. The first-order valence-electron chi connectivity index (χ1n) is 15.6. The van der Waals surface area contributed by atoms with Crippen molar-refractivity contribution in [1.82, 2.24) is 0 Å². The maximum atomic E-state index is 13.6. The molecule has 4 nitrogen and oxygen atoms in total. The number of benzene rings is 1. The van der Waals surface area contributed by atoms with E-state index in [1.165, 1.54) is 17.7 Å². The number of allylic oxidation sites excluding steroid dienone is 1. The standard InChI is InChI=1S/C33H47F3O4S/c1-4-32(38)17-15-25-22(20-32)10-11-27-26(25)14-16-31(3)28(12-13-29(27)31)21(2)18-24(19-30(37)33(34,35)36)41(39,40)23-8-6-5-7-9-23/h5-10,21,24-30,37-38H,4,11-20H2,1-3H3/t21-,24?,25+,26-,27-,28-,29+,30+,31-,32+/m1/s1. The number of hydrogen-bond donors (Lipinski definition) is 2. The molecular weight excluding hydrogens is 549 g/mol. The normalized spacial score (nSPS) is 37.8. The quantitative estimate of drug-likeness (QED) is 0.305. The number of rotatable bonds is 8. The van der Waals surface area contributed by atoms with E-state index in [1.54, 1.807) is 18.2 Å². The van der Waals surface area contributed by atoms with Crippen molar-refractivity contribution >= 4 is 9.84 Å². The molecule has 4 aliphatic carbocycles. The van der Waals surface area contributed by atoms with Crippen molar-refractivity contribution in [3.8, 4) is 0 Å². The van der Waals surface area contributed by atoms with Crippen molar-refractivity contribution in [2.45, 2.75) is 119 Å². The maximum absolute atomic E-state index is 13.6. The van der Waals surface area contributed by atoms with Crippen LogP contribution in [-0.4, -0.2) is 41.8 Å². The molecule has 3 fully saturated rings. The highest BCUT2D eigenvalue weighted by Crippen LogP contribution is 2.65. The van der Waals surface area contributed by atoms with Crippen LogP contribution in [0.5, 0.6) is 0 Å². The highest BCUT2D eigenvalue weighted by Gasteiger charge is 2.57. The van der Waals surface area contributed by atoms with Crippen molar-refractivity contribution in [1.29, 1.82) is 0 Å². The Kier molecular flexibility index (Phi) is 8.54. The number of hydrogen-bond acceptors (Lipinski definition) is 4. The third-order valence-corrected chi connectivity index (χ3v) is 14.2. The molecule has 10 atom stereocenters. The predicted molar refractivity (Wildman–Crippen MR) is 154 cm³/mol. The monoisotopic (exact) mass is 596 g/mol. The molecule has 41 heavy (non-hydrogen) atoms. The van der Waals surface area contributed by atoms with Gasteiger partial charge in [0.2, 0.25) is 0 Å². The zero-order chi connectivity index (χ0) is 29.8. The van der Waals surface area contributed by atoms with Gasteiger partial charge in [-0.15, -0.1) is 0 Å². The van der Waals surface area contributed by atoms with Crippen molar-refractivity contribution in [3.63, 3.8) is 0 Å². The summed E-state index contributed by atoms with van der Waals surface area (Å²) >= 11 is 0. The van der Waals surface area contributed by atoms with Gasteiger partial charge < -0.3 is 10.2 Å². The Hall–Kier alpha value is -1.38. The summed E-state index contributed by atoms with van der Waals surface area (Å²) in [7, 11) is -4.06. The molecule has 0 aromatic heterocycles. The van der Waals surface area contributed by atoms with Crippen LogP contribution in [0.2, 0.25) is 0 Å². The second-order valence-corrected chi connectivity index (χ2v) is 16.3. The van der Waals surface area contributed by atoms with E-state index in [2.05, 4.69) is 19.9 Å². The third kappa shape index (κ3) is 5.78. The van der Waals surface area contributed by atoms with Crippen molar-refractivity contribution < 1.29 is 31.8 Å². The summed E-state index contributed by atoms with van der Waals surface area (Å²) in [6, 6.07) is 7.69. The second-order valence-electron chi connectivity index (χ2n) is 14.1. The van der Waals surface area contributed by atoms with E-state index in [9.17, 15) is 31.8 Å². The molecular formula is C33H47F3O4S. The van der Waals surface area contributed by atoms with Gasteiger partial charge in [-0.3, -0.25) is 0 Å². The minimum Gasteiger partial charge on any atom is -0.390 e. The summed E-state index contributed by atoms with van der Waals surface area (Å²) in [5.41, 5.74) is 0.905. The van der Waals surface area contributed by atoms with Crippen molar-refractivity contribution in [3.05, 3.63) is 42.0 Å². The number of alkyl halides is 3. The minimum atomic E-state index is -4.87. The first kappa shape index (κ1) is 31.1. The number of aliphatic hydroxyl groups excluding tert-OH is 1. The van der Waals surface area contributed by atoms with Crippen LogP contribution in [0.25, 0.3) is 0 Å².